The Bertz CT molecular complexity index is 1160. The van der Waals surface area contributed by atoms with Crippen LogP contribution >= 0.6 is 39.1 Å². The third kappa shape index (κ3) is 3.62. The number of para-hydroxylation sites is 1. The maximum absolute atomic E-state index is 13.4. The van der Waals surface area contributed by atoms with Gasteiger partial charge >= 0.3 is 0 Å². The van der Waals surface area contributed by atoms with Crippen molar-refractivity contribution in [2.45, 2.75) is 0 Å². The van der Waals surface area contributed by atoms with Crippen LogP contribution in [-0.2, 0) is 0 Å². The van der Waals surface area contributed by atoms with Gasteiger partial charge in [0.1, 0.15) is 6.67 Å². The fourth-order valence-corrected chi connectivity index (χ4v) is 4.23. The molecule has 150 valence electrons. The van der Waals surface area contributed by atoms with Gasteiger partial charge in [0.05, 0.1) is 27.4 Å². The van der Waals surface area contributed by atoms with E-state index < -0.39 is 17.7 Å². The molecule has 4 rings (SSSR count). The summed E-state index contributed by atoms with van der Waals surface area (Å²) in [5.74, 6) is -1.38. The summed E-state index contributed by atoms with van der Waals surface area (Å²) in [6.45, 7) is -0.271. The van der Waals surface area contributed by atoms with Crippen molar-refractivity contribution in [3.05, 3.63) is 97.9 Å². The molecule has 0 bridgehead atoms. The second kappa shape index (κ2) is 8.22. The summed E-state index contributed by atoms with van der Waals surface area (Å²) in [7, 11) is 0. The molecule has 3 amide bonds. The third-order valence-electron chi connectivity index (χ3n) is 4.71. The molecule has 0 aliphatic carbocycles. The van der Waals surface area contributed by atoms with Crippen LogP contribution in [-0.4, -0.2) is 29.3 Å². The average Bonchev–Trinajstić information content (AvgIpc) is 2.97. The van der Waals surface area contributed by atoms with Crippen LogP contribution < -0.4 is 4.90 Å². The zero-order chi connectivity index (χ0) is 21.4. The molecule has 0 unspecified atom stereocenters. The number of carbonyl (C=O) groups excluding carboxylic acids is 3. The normalized spacial score (nSPS) is 12.8. The Hall–Kier alpha value is -2.67. The Morgan fingerprint density at radius 2 is 1.50 bits per heavy atom. The number of amides is 3. The lowest BCUT2D eigenvalue weighted by Gasteiger charge is -2.28. The van der Waals surface area contributed by atoms with E-state index in [9.17, 15) is 14.4 Å². The molecule has 0 fully saturated rings. The molecule has 3 aromatic rings. The first-order valence-corrected chi connectivity index (χ1v) is 10.4. The van der Waals surface area contributed by atoms with Crippen molar-refractivity contribution in [3.63, 3.8) is 0 Å². The molecule has 0 spiro atoms. The van der Waals surface area contributed by atoms with Gasteiger partial charge < -0.3 is 0 Å². The highest BCUT2D eigenvalue weighted by Gasteiger charge is 2.37. The van der Waals surface area contributed by atoms with Crippen molar-refractivity contribution in [1.29, 1.82) is 0 Å². The molecule has 0 saturated carbocycles. The van der Waals surface area contributed by atoms with Gasteiger partial charge in [0.15, 0.2) is 0 Å². The fourth-order valence-electron chi connectivity index (χ4n) is 3.24. The molecule has 1 heterocycles. The van der Waals surface area contributed by atoms with Crippen molar-refractivity contribution >= 4 is 62.5 Å². The number of rotatable bonds is 4. The summed E-state index contributed by atoms with van der Waals surface area (Å²) in [4.78, 5) is 41.5. The second-order valence-corrected chi connectivity index (χ2v) is 8.23. The number of hydrogen-bond acceptors (Lipinski definition) is 3. The van der Waals surface area contributed by atoms with Gasteiger partial charge in [-0.1, -0.05) is 47.5 Å². The predicted molar refractivity (Wildman–Crippen MR) is 119 cm³/mol. The maximum atomic E-state index is 13.4. The Morgan fingerprint density at radius 1 is 0.900 bits per heavy atom. The second-order valence-electron chi connectivity index (χ2n) is 6.53. The number of hydrogen-bond donors (Lipinski definition) is 0. The topological polar surface area (TPSA) is 57.7 Å². The number of nitrogens with zero attached hydrogens (tertiary/aromatic N) is 2. The lowest BCUT2D eigenvalue weighted by Crippen LogP contribution is -2.44. The van der Waals surface area contributed by atoms with Crippen molar-refractivity contribution < 1.29 is 14.4 Å². The molecule has 5 nitrogen and oxygen atoms in total. The number of halogens is 3. The van der Waals surface area contributed by atoms with E-state index in [2.05, 4.69) is 15.9 Å². The molecule has 1 aliphatic heterocycles. The Kier molecular flexibility index (Phi) is 5.64. The van der Waals surface area contributed by atoms with Gasteiger partial charge in [0.2, 0.25) is 0 Å². The zero-order valence-corrected chi connectivity index (χ0v) is 18.4. The molecular formula is C22H13BrCl2N2O3. The minimum absolute atomic E-state index is 0.173. The summed E-state index contributed by atoms with van der Waals surface area (Å²) in [6.07, 6.45) is 0. The molecule has 0 N–H and O–H groups in total. The molecule has 8 heteroatoms. The highest BCUT2D eigenvalue weighted by atomic mass is 79.9. The lowest BCUT2D eigenvalue weighted by molar-refractivity contribution is 0.0650. The minimum Gasteiger partial charge on any atom is -0.288 e. The van der Waals surface area contributed by atoms with Crippen molar-refractivity contribution in [3.8, 4) is 0 Å². The SMILES string of the molecule is O=C1c2ccccc2C(=O)N1CN(C(=O)c1ccc(Cl)cc1Cl)c1ccccc1Br. The van der Waals surface area contributed by atoms with Crippen LogP contribution in [0, 0.1) is 0 Å². The molecular weight excluding hydrogens is 491 g/mol. The summed E-state index contributed by atoms with van der Waals surface area (Å²) < 4.78 is 0.625. The standard InChI is InChI=1S/C22H13BrCl2N2O3/c23-17-7-3-4-8-19(17)26(22(30)16-10-9-13(24)11-18(16)25)12-27-20(28)14-5-1-2-6-15(14)21(27)29/h1-11H,12H2. The third-order valence-corrected chi connectivity index (χ3v) is 5.93. The quantitative estimate of drug-likeness (QED) is 0.432. The first-order valence-electron chi connectivity index (χ1n) is 8.85. The van der Waals surface area contributed by atoms with E-state index in [1.165, 1.54) is 17.0 Å². The molecule has 3 aromatic carbocycles. The van der Waals surface area contributed by atoms with Crippen LogP contribution in [0.2, 0.25) is 10.0 Å². The van der Waals surface area contributed by atoms with Gasteiger partial charge in [-0.05, 0) is 58.4 Å². The van der Waals surface area contributed by atoms with E-state index in [0.29, 0.717) is 26.3 Å². The van der Waals surface area contributed by atoms with E-state index in [4.69, 9.17) is 23.2 Å². The van der Waals surface area contributed by atoms with Gasteiger partial charge in [-0.2, -0.15) is 0 Å². The van der Waals surface area contributed by atoms with E-state index in [1.54, 1.807) is 54.6 Å². The van der Waals surface area contributed by atoms with Gasteiger partial charge in [0, 0.05) is 9.50 Å². The molecule has 0 atom stereocenters. The Morgan fingerprint density at radius 3 is 2.10 bits per heavy atom. The molecule has 1 aliphatic rings. The molecule has 0 aromatic heterocycles. The Balaban J connectivity index is 1.76. The maximum Gasteiger partial charge on any atom is 0.263 e. The van der Waals surface area contributed by atoms with Crippen LogP contribution in [0.4, 0.5) is 5.69 Å². The van der Waals surface area contributed by atoms with Crippen LogP contribution in [0.25, 0.3) is 0 Å². The van der Waals surface area contributed by atoms with Crippen LogP contribution in [0.1, 0.15) is 31.1 Å². The number of benzene rings is 3. The largest absolute Gasteiger partial charge is 0.288 e. The van der Waals surface area contributed by atoms with E-state index in [0.717, 1.165) is 4.90 Å². The fraction of sp³-hybridized carbons (Fsp3) is 0.0455. The highest BCUT2D eigenvalue weighted by molar-refractivity contribution is 9.10. The van der Waals surface area contributed by atoms with Crippen molar-refractivity contribution in [2.75, 3.05) is 11.6 Å². The van der Waals surface area contributed by atoms with Crippen molar-refractivity contribution in [1.82, 2.24) is 4.90 Å². The summed E-state index contributed by atoms with van der Waals surface area (Å²) in [5, 5.41) is 0.566. The van der Waals surface area contributed by atoms with Crippen LogP contribution in [0.15, 0.2) is 71.2 Å². The molecule has 30 heavy (non-hydrogen) atoms. The molecule has 0 saturated heterocycles. The average molecular weight is 504 g/mol. The Labute approximate surface area is 190 Å². The van der Waals surface area contributed by atoms with Crippen molar-refractivity contribution in [2.24, 2.45) is 0 Å². The van der Waals surface area contributed by atoms with Gasteiger partial charge in [-0.3, -0.25) is 24.2 Å². The van der Waals surface area contributed by atoms with E-state index >= 15 is 0 Å². The number of fused-ring (bicyclic) bond motifs is 1. The number of anilines is 1. The first-order chi connectivity index (χ1) is 14.4. The van der Waals surface area contributed by atoms with Gasteiger partial charge in [-0.25, -0.2) is 0 Å². The minimum atomic E-state index is -0.472. The van der Waals surface area contributed by atoms with E-state index in [1.807, 2.05) is 0 Å². The summed E-state index contributed by atoms with van der Waals surface area (Å²) in [5.41, 5.74) is 1.32. The highest BCUT2D eigenvalue weighted by Crippen LogP contribution is 2.31. The smallest absolute Gasteiger partial charge is 0.263 e. The van der Waals surface area contributed by atoms with Crippen LogP contribution in [0.3, 0.4) is 0 Å². The summed E-state index contributed by atoms with van der Waals surface area (Å²) in [6, 6.07) is 18.1. The van der Waals surface area contributed by atoms with E-state index in [-0.39, 0.29) is 17.3 Å². The first kappa shape index (κ1) is 20.6. The predicted octanol–water partition coefficient (Wildman–Crippen LogP) is 5.66. The van der Waals surface area contributed by atoms with Gasteiger partial charge in [0.25, 0.3) is 17.7 Å². The zero-order valence-electron chi connectivity index (χ0n) is 15.3. The lowest BCUT2D eigenvalue weighted by atomic mass is 10.1. The monoisotopic (exact) mass is 502 g/mol. The van der Waals surface area contributed by atoms with Gasteiger partial charge in [-0.15, -0.1) is 0 Å². The van der Waals surface area contributed by atoms with Crippen LogP contribution in [0.5, 0.6) is 0 Å². The number of imide groups is 1. The molecule has 0 radical (unpaired) electrons. The number of carbonyl (C=O) groups is 3. The summed E-state index contributed by atoms with van der Waals surface area (Å²) >= 11 is 15.6.